The van der Waals surface area contributed by atoms with E-state index in [0.717, 1.165) is 0 Å². The Balaban J connectivity index is 1.86. The van der Waals surface area contributed by atoms with E-state index in [4.69, 9.17) is 28.3 Å². The van der Waals surface area contributed by atoms with E-state index in [1.807, 2.05) is 0 Å². The van der Waals surface area contributed by atoms with Crippen LogP contribution in [0.2, 0.25) is 10.0 Å². The van der Waals surface area contributed by atoms with E-state index in [1.165, 1.54) is 0 Å². The molecule has 0 radical (unpaired) electrons. The van der Waals surface area contributed by atoms with Crippen LogP contribution in [0.15, 0.2) is 42.5 Å². The monoisotopic (exact) mass is 469 g/mol. The van der Waals surface area contributed by atoms with Gasteiger partial charge < -0.3 is 10.4 Å². The van der Waals surface area contributed by atoms with E-state index in [2.05, 4.69) is 5.32 Å². The number of nitrogens with one attached hydrogen (secondary N) is 1. The fraction of sp³-hybridized carbons (Fsp3) is 0.391. The minimum absolute atomic E-state index is 0.234. The standard InChI is InChI=1S/C23H23Cl2F2NO3/c1-13(22(30)31)10-14-2-7-18(25)19(11-14)28-21(29)20(15-3-5-17(24)6-4-15)16-8-9-23(26,27)12-16/h2-7,11,13,16,20H,8-10,12H2,1H3,(H,28,29)(H,30,31)/t13-,16?,20?/m0/s1. The molecule has 1 aliphatic rings. The number of aliphatic carboxylic acids is 1. The van der Waals surface area contributed by atoms with Gasteiger partial charge >= 0.3 is 5.97 Å². The Labute approximate surface area is 189 Å². The molecule has 4 nitrogen and oxygen atoms in total. The highest BCUT2D eigenvalue weighted by molar-refractivity contribution is 6.33. The van der Waals surface area contributed by atoms with Gasteiger partial charge in [-0.3, -0.25) is 9.59 Å². The van der Waals surface area contributed by atoms with Crippen LogP contribution in [0.5, 0.6) is 0 Å². The fourth-order valence-electron chi connectivity index (χ4n) is 4.02. The lowest BCUT2D eigenvalue weighted by atomic mass is 9.84. The van der Waals surface area contributed by atoms with Crippen LogP contribution in [0, 0.1) is 11.8 Å². The van der Waals surface area contributed by atoms with Gasteiger partial charge in [0.15, 0.2) is 0 Å². The van der Waals surface area contributed by atoms with Crippen LogP contribution in [0.25, 0.3) is 0 Å². The Morgan fingerprint density at radius 3 is 2.45 bits per heavy atom. The molecule has 2 N–H and O–H groups in total. The van der Waals surface area contributed by atoms with Gasteiger partial charge in [-0.25, -0.2) is 8.78 Å². The van der Waals surface area contributed by atoms with E-state index in [1.54, 1.807) is 49.4 Å². The number of carbonyl (C=O) groups is 2. The molecule has 1 fully saturated rings. The number of alkyl halides is 2. The van der Waals surface area contributed by atoms with Gasteiger partial charge in [0, 0.05) is 17.9 Å². The van der Waals surface area contributed by atoms with Crippen LogP contribution in [0.1, 0.15) is 43.2 Å². The van der Waals surface area contributed by atoms with Gasteiger partial charge in [-0.1, -0.05) is 48.3 Å². The first-order chi connectivity index (χ1) is 14.6. The van der Waals surface area contributed by atoms with Crippen molar-refractivity contribution in [3.63, 3.8) is 0 Å². The van der Waals surface area contributed by atoms with Crippen molar-refractivity contribution in [2.45, 2.75) is 44.4 Å². The molecule has 0 aliphatic heterocycles. The summed E-state index contributed by atoms with van der Waals surface area (Å²) in [4.78, 5) is 24.4. The molecule has 0 spiro atoms. The molecule has 0 heterocycles. The summed E-state index contributed by atoms with van der Waals surface area (Å²) in [6.45, 7) is 1.59. The first-order valence-electron chi connectivity index (χ1n) is 10.0. The van der Waals surface area contributed by atoms with Crippen molar-refractivity contribution in [3.8, 4) is 0 Å². The molecular weight excluding hydrogens is 447 g/mol. The van der Waals surface area contributed by atoms with E-state index in [9.17, 15) is 18.4 Å². The predicted octanol–water partition coefficient (Wildman–Crippen LogP) is 6.41. The highest BCUT2D eigenvalue weighted by Gasteiger charge is 2.45. The molecule has 3 atom stereocenters. The van der Waals surface area contributed by atoms with Crippen molar-refractivity contribution in [1.29, 1.82) is 0 Å². The number of benzene rings is 2. The summed E-state index contributed by atoms with van der Waals surface area (Å²) in [5, 5.41) is 12.7. The summed E-state index contributed by atoms with van der Waals surface area (Å²) in [7, 11) is 0. The van der Waals surface area contributed by atoms with Gasteiger partial charge in [-0.05, 0) is 54.2 Å². The van der Waals surface area contributed by atoms with Gasteiger partial charge in [0.25, 0.3) is 0 Å². The maximum absolute atomic E-state index is 13.9. The van der Waals surface area contributed by atoms with Crippen LogP contribution in [-0.4, -0.2) is 22.9 Å². The summed E-state index contributed by atoms with van der Waals surface area (Å²) in [6, 6.07) is 11.5. The molecule has 3 rings (SSSR count). The lowest BCUT2D eigenvalue weighted by Crippen LogP contribution is -2.27. The summed E-state index contributed by atoms with van der Waals surface area (Å²) >= 11 is 12.2. The normalized spacial score (nSPS) is 19.6. The molecule has 0 saturated heterocycles. The maximum Gasteiger partial charge on any atom is 0.306 e. The van der Waals surface area contributed by atoms with Crippen molar-refractivity contribution >= 4 is 40.8 Å². The minimum atomic E-state index is -2.79. The number of carbonyl (C=O) groups excluding carboxylic acids is 1. The third-order valence-corrected chi connectivity index (χ3v) is 6.26. The number of halogens is 4. The van der Waals surface area contributed by atoms with Gasteiger partial charge in [-0.2, -0.15) is 0 Å². The minimum Gasteiger partial charge on any atom is -0.481 e. The molecule has 31 heavy (non-hydrogen) atoms. The van der Waals surface area contributed by atoms with Crippen molar-refractivity contribution in [1.82, 2.24) is 0 Å². The number of hydrogen-bond donors (Lipinski definition) is 2. The van der Waals surface area contributed by atoms with Crippen LogP contribution in [0.4, 0.5) is 14.5 Å². The lowest BCUT2D eigenvalue weighted by molar-refractivity contribution is -0.141. The summed E-state index contributed by atoms with van der Waals surface area (Å²) < 4.78 is 27.8. The highest BCUT2D eigenvalue weighted by atomic mass is 35.5. The van der Waals surface area contributed by atoms with Crippen molar-refractivity contribution in [2.24, 2.45) is 11.8 Å². The van der Waals surface area contributed by atoms with Crippen molar-refractivity contribution in [2.75, 3.05) is 5.32 Å². The summed E-state index contributed by atoms with van der Waals surface area (Å²) in [5.74, 6) is -6.07. The predicted molar refractivity (Wildman–Crippen MR) is 117 cm³/mol. The Morgan fingerprint density at radius 1 is 1.19 bits per heavy atom. The average Bonchev–Trinajstić information content (AvgIpc) is 3.05. The zero-order valence-corrected chi connectivity index (χ0v) is 18.4. The number of rotatable bonds is 7. The number of carboxylic acid groups (broad SMARTS) is 1. The zero-order valence-electron chi connectivity index (χ0n) is 16.9. The van der Waals surface area contributed by atoms with E-state index in [-0.39, 0.29) is 30.7 Å². The topological polar surface area (TPSA) is 66.4 Å². The number of carboxylic acids is 1. The largest absolute Gasteiger partial charge is 0.481 e. The quantitative estimate of drug-likeness (QED) is 0.491. The van der Waals surface area contributed by atoms with Crippen LogP contribution < -0.4 is 5.32 Å². The fourth-order valence-corrected chi connectivity index (χ4v) is 4.31. The molecule has 2 aromatic rings. The second kappa shape index (κ2) is 9.53. The van der Waals surface area contributed by atoms with Crippen LogP contribution >= 0.6 is 23.2 Å². The molecule has 1 saturated carbocycles. The zero-order chi connectivity index (χ0) is 22.8. The van der Waals surface area contributed by atoms with E-state index < -0.39 is 35.6 Å². The van der Waals surface area contributed by atoms with E-state index >= 15 is 0 Å². The Bertz CT molecular complexity index is 966. The third-order valence-electron chi connectivity index (χ3n) is 5.68. The number of amides is 1. The second-order valence-electron chi connectivity index (χ2n) is 8.13. The summed E-state index contributed by atoms with van der Waals surface area (Å²) in [6.07, 6.45) is -0.113. The lowest BCUT2D eigenvalue weighted by Gasteiger charge is -2.24. The molecule has 0 bridgehead atoms. The number of hydrogen-bond acceptors (Lipinski definition) is 2. The molecule has 1 amide bonds. The van der Waals surface area contributed by atoms with Crippen LogP contribution in [-0.2, 0) is 16.0 Å². The Hall–Kier alpha value is -2.18. The molecule has 8 heteroatoms. The molecular formula is C23H23Cl2F2NO3. The SMILES string of the molecule is C[C@@H](Cc1ccc(Cl)c(NC(=O)C(c2ccc(Cl)cc2)C2CCC(F)(F)C2)c1)C(=O)O. The van der Waals surface area contributed by atoms with Gasteiger partial charge in [-0.15, -0.1) is 0 Å². The first-order valence-corrected chi connectivity index (χ1v) is 10.8. The van der Waals surface area contributed by atoms with Crippen molar-refractivity contribution in [3.05, 3.63) is 63.6 Å². The smallest absolute Gasteiger partial charge is 0.306 e. The molecule has 166 valence electrons. The van der Waals surface area contributed by atoms with Crippen LogP contribution in [0.3, 0.4) is 0 Å². The Morgan fingerprint density at radius 2 is 1.87 bits per heavy atom. The number of anilines is 1. The third kappa shape index (κ3) is 5.95. The first kappa shape index (κ1) is 23.5. The van der Waals surface area contributed by atoms with Gasteiger partial charge in [0.05, 0.1) is 22.5 Å². The highest BCUT2D eigenvalue weighted by Crippen LogP contribution is 2.46. The maximum atomic E-state index is 13.9. The molecule has 0 aromatic heterocycles. The second-order valence-corrected chi connectivity index (χ2v) is 8.98. The average molecular weight is 470 g/mol. The van der Waals surface area contributed by atoms with Crippen molar-refractivity contribution < 1.29 is 23.5 Å². The Kier molecular flexibility index (Phi) is 7.22. The molecule has 1 aliphatic carbocycles. The molecule has 2 aromatic carbocycles. The van der Waals surface area contributed by atoms with Gasteiger partial charge in [0.2, 0.25) is 11.8 Å². The van der Waals surface area contributed by atoms with Gasteiger partial charge in [0.1, 0.15) is 0 Å². The summed E-state index contributed by atoms with van der Waals surface area (Å²) in [5.41, 5.74) is 1.63. The van der Waals surface area contributed by atoms with E-state index in [0.29, 0.717) is 21.8 Å². The molecule has 2 unspecified atom stereocenters.